The Labute approximate surface area is 124 Å². The van der Waals surface area contributed by atoms with E-state index in [4.69, 9.17) is 20.4 Å². The molecule has 21 heavy (non-hydrogen) atoms. The van der Waals surface area contributed by atoms with Gasteiger partial charge in [0.2, 0.25) is 0 Å². The monoisotopic (exact) mass is 312 g/mol. The van der Waals surface area contributed by atoms with Gasteiger partial charge in [0.1, 0.15) is 0 Å². The Bertz CT molecular complexity index is 219. The Hall–Kier alpha value is -1.26. The van der Waals surface area contributed by atoms with Gasteiger partial charge in [0.25, 0.3) is 0 Å². The van der Waals surface area contributed by atoms with Crippen LogP contribution in [0, 0.1) is 0 Å². The summed E-state index contributed by atoms with van der Waals surface area (Å²) < 4.78 is 0. The molecule has 0 saturated heterocycles. The first-order chi connectivity index (χ1) is 9.92. The van der Waals surface area contributed by atoms with E-state index in [9.17, 15) is 9.59 Å². The van der Waals surface area contributed by atoms with Crippen molar-refractivity contribution in [2.45, 2.75) is 26.7 Å². The Morgan fingerprint density at radius 1 is 0.952 bits per heavy atom. The van der Waals surface area contributed by atoms with Crippen LogP contribution in [0.2, 0.25) is 0 Å². The minimum absolute atomic E-state index is 0.0694. The van der Waals surface area contributed by atoms with Gasteiger partial charge in [-0.05, 0) is 0 Å². The number of aliphatic hydroxyl groups excluding tert-OH is 3. The van der Waals surface area contributed by atoms with Gasteiger partial charge < -0.3 is 25.3 Å². The summed E-state index contributed by atoms with van der Waals surface area (Å²) in [5, 5.41) is 33.2. The van der Waals surface area contributed by atoms with Crippen LogP contribution < -0.4 is 5.90 Å². The smallest absolute Gasteiger partial charge is 0.324 e. The van der Waals surface area contributed by atoms with E-state index in [0.29, 0.717) is 26.1 Å². The lowest BCUT2D eigenvalue weighted by Gasteiger charge is -2.17. The molecule has 0 aliphatic rings. The normalized spacial score (nSPS) is 9.10. The Balaban J connectivity index is -0.000000252. The van der Waals surface area contributed by atoms with Crippen LogP contribution in [0.25, 0.3) is 0 Å². The lowest BCUT2D eigenvalue weighted by molar-refractivity contribution is -0.143. The predicted octanol–water partition coefficient (Wildman–Crippen LogP) is -1.44. The highest BCUT2D eigenvalue weighted by Crippen LogP contribution is 1.84. The molecule has 9 heteroatoms. The number of rotatable bonds is 8. The van der Waals surface area contributed by atoms with Crippen LogP contribution in [0.15, 0.2) is 0 Å². The topological polar surface area (TPSA) is 154 Å². The average molecular weight is 312 g/mol. The Morgan fingerprint density at radius 2 is 1.29 bits per heavy atom. The van der Waals surface area contributed by atoms with Gasteiger partial charge in [0.15, 0.2) is 0 Å². The molecule has 0 spiro atoms. The molecule has 9 nitrogen and oxygen atoms in total. The molecule has 6 N–H and O–H groups in total. The van der Waals surface area contributed by atoms with Gasteiger partial charge in [-0.3, -0.25) is 14.5 Å². The number of carbonyl (C=O) groups excluding carboxylic acids is 1. The molecule has 0 bridgehead atoms. The van der Waals surface area contributed by atoms with Crippen LogP contribution >= 0.6 is 0 Å². The molecule has 0 fully saturated rings. The first kappa shape index (κ1) is 24.7. The molecule has 0 aromatic heterocycles. The number of hydrogen-bond donors (Lipinski definition) is 5. The first-order valence-corrected chi connectivity index (χ1v) is 6.59. The van der Waals surface area contributed by atoms with Crippen molar-refractivity contribution in [3.63, 3.8) is 0 Å². The number of aliphatic carboxylic acids is 1. The van der Waals surface area contributed by atoms with Crippen molar-refractivity contribution in [1.82, 2.24) is 4.90 Å². The summed E-state index contributed by atoms with van der Waals surface area (Å²) >= 11 is 0. The second-order valence-electron chi connectivity index (χ2n) is 3.60. The van der Waals surface area contributed by atoms with Crippen LogP contribution in [0.1, 0.15) is 26.7 Å². The van der Waals surface area contributed by atoms with E-state index in [1.54, 1.807) is 18.7 Å². The second-order valence-corrected chi connectivity index (χ2v) is 3.60. The molecular formula is C12H28N2O7. The zero-order valence-corrected chi connectivity index (χ0v) is 12.7. The summed E-state index contributed by atoms with van der Waals surface area (Å²) in [6, 6.07) is 0. The maximum atomic E-state index is 9.83. The number of hydrogen-bond acceptors (Lipinski definition) is 8. The Morgan fingerprint density at radius 3 is 1.38 bits per heavy atom. The SMILES string of the molecule is CCC(=O)O.CCC(=O)ON.OCCN(CCO)CCO. The van der Waals surface area contributed by atoms with Gasteiger partial charge in [-0.15, -0.1) is 0 Å². The molecule has 0 rings (SSSR count). The predicted molar refractivity (Wildman–Crippen MR) is 76.2 cm³/mol. The van der Waals surface area contributed by atoms with E-state index in [1.165, 1.54) is 0 Å². The van der Waals surface area contributed by atoms with Gasteiger partial charge in [0.05, 0.1) is 19.8 Å². The van der Waals surface area contributed by atoms with Crippen LogP contribution in [-0.2, 0) is 14.4 Å². The molecule has 0 saturated carbocycles. The van der Waals surface area contributed by atoms with Gasteiger partial charge in [-0.1, -0.05) is 13.8 Å². The summed E-state index contributed by atoms with van der Waals surface area (Å²) in [5.41, 5.74) is 0. The molecule has 0 unspecified atom stereocenters. The van der Waals surface area contributed by atoms with Crippen LogP contribution in [-0.4, -0.2) is 76.7 Å². The minimum atomic E-state index is -0.745. The molecule has 0 heterocycles. The highest BCUT2D eigenvalue weighted by molar-refractivity contribution is 5.68. The molecule has 0 radical (unpaired) electrons. The number of nitrogens with two attached hydrogens (primary N) is 1. The standard InChI is InChI=1S/C6H15NO3.C3H7NO2.C3H6O2/c8-4-1-7(2-5-9)3-6-10;1-2-3(5)6-4;1-2-3(4)5/h8-10H,1-6H2;2,4H2,1H3;2H2,1H3,(H,4,5). The van der Waals surface area contributed by atoms with E-state index in [1.807, 2.05) is 0 Å². The van der Waals surface area contributed by atoms with Crippen LogP contribution in [0.4, 0.5) is 0 Å². The fraction of sp³-hybridized carbons (Fsp3) is 0.833. The number of nitrogens with zero attached hydrogens (tertiary/aromatic N) is 1. The minimum Gasteiger partial charge on any atom is -0.481 e. The quantitative estimate of drug-likeness (QED) is 0.339. The number of aliphatic hydroxyl groups is 3. The van der Waals surface area contributed by atoms with Crippen molar-refractivity contribution >= 4 is 11.9 Å². The summed E-state index contributed by atoms with van der Waals surface area (Å²) in [7, 11) is 0. The third-order valence-corrected chi connectivity index (χ3v) is 1.97. The summed E-state index contributed by atoms with van der Waals surface area (Å²) in [6.07, 6.45) is 0.566. The zero-order chi connectivity index (χ0) is 17.1. The van der Waals surface area contributed by atoms with E-state index in [-0.39, 0.29) is 32.2 Å². The van der Waals surface area contributed by atoms with Crippen LogP contribution in [0.3, 0.4) is 0 Å². The molecule has 0 aliphatic heterocycles. The van der Waals surface area contributed by atoms with Crippen molar-refractivity contribution < 1.29 is 34.9 Å². The largest absolute Gasteiger partial charge is 0.481 e. The van der Waals surface area contributed by atoms with Gasteiger partial charge in [-0.25, -0.2) is 0 Å². The molecule has 128 valence electrons. The van der Waals surface area contributed by atoms with Crippen molar-refractivity contribution in [3.8, 4) is 0 Å². The zero-order valence-electron chi connectivity index (χ0n) is 12.7. The number of carbonyl (C=O) groups is 2. The van der Waals surface area contributed by atoms with Gasteiger partial charge in [0, 0.05) is 32.5 Å². The fourth-order valence-corrected chi connectivity index (χ4v) is 0.843. The molecular weight excluding hydrogens is 284 g/mol. The lowest BCUT2D eigenvalue weighted by Crippen LogP contribution is -2.32. The molecule has 0 atom stereocenters. The summed E-state index contributed by atoms with van der Waals surface area (Å²) in [5.74, 6) is 3.31. The average Bonchev–Trinajstić information content (AvgIpc) is 2.48. The third kappa shape index (κ3) is 27.8. The van der Waals surface area contributed by atoms with Crippen molar-refractivity contribution in [3.05, 3.63) is 0 Å². The third-order valence-electron chi connectivity index (χ3n) is 1.97. The second kappa shape index (κ2) is 21.0. The maximum absolute atomic E-state index is 9.83. The maximum Gasteiger partial charge on any atom is 0.324 e. The molecule has 0 amide bonds. The van der Waals surface area contributed by atoms with E-state index < -0.39 is 5.97 Å². The fourth-order valence-electron chi connectivity index (χ4n) is 0.843. The Kier molecular flexibility index (Phi) is 24.8. The van der Waals surface area contributed by atoms with Crippen molar-refractivity contribution in [2.24, 2.45) is 5.90 Å². The number of carboxylic acids is 1. The van der Waals surface area contributed by atoms with E-state index >= 15 is 0 Å². The highest BCUT2D eigenvalue weighted by atomic mass is 16.7. The van der Waals surface area contributed by atoms with Crippen molar-refractivity contribution in [1.29, 1.82) is 0 Å². The lowest BCUT2D eigenvalue weighted by atomic mass is 10.4. The van der Waals surface area contributed by atoms with Crippen LogP contribution in [0.5, 0.6) is 0 Å². The van der Waals surface area contributed by atoms with Gasteiger partial charge in [-0.2, -0.15) is 5.90 Å². The van der Waals surface area contributed by atoms with Crippen molar-refractivity contribution in [2.75, 3.05) is 39.5 Å². The molecule has 0 aromatic rings. The molecule has 0 aromatic carbocycles. The summed E-state index contributed by atoms with van der Waals surface area (Å²) in [6.45, 7) is 5.03. The summed E-state index contributed by atoms with van der Waals surface area (Å²) in [4.78, 5) is 24.8. The van der Waals surface area contributed by atoms with Gasteiger partial charge >= 0.3 is 11.9 Å². The van der Waals surface area contributed by atoms with E-state index in [2.05, 4.69) is 10.7 Å². The molecule has 0 aliphatic carbocycles. The highest BCUT2D eigenvalue weighted by Gasteiger charge is 2.00. The number of carboxylic acid groups (broad SMARTS) is 1. The first-order valence-electron chi connectivity index (χ1n) is 6.59. The van der Waals surface area contributed by atoms with E-state index in [0.717, 1.165) is 0 Å².